The van der Waals surface area contributed by atoms with E-state index >= 15 is 0 Å². The molecule has 1 fully saturated rings. The maximum atomic E-state index is 12.8. The molecule has 2 amide bonds. The molecule has 7 heteroatoms. The minimum absolute atomic E-state index is 0.199. The van der Waals surface area contributed by atoms with Crippen LogP contribution in [-0.2, 0) is 9.59 Å². The van der Waals surface area contributed by atoms with E-state index in [1.54, 1.807) is 67.5 Å². The van der Waals surface area contributed by atoms with Crippen molar-refractivity contribution in [2.45, 2.75) is 31.9 Å². The highest BCUT2D eigenvalue weighted by atomic mass is 35.5. The van der Waals surface area contributed by atoms with Gasteiger partial charge in [-0.25, -0.2) is 0 Å². The van der Waals surface area contributed by atoms with Crippen molar-refractivity contribution in [3.63, 3.8) is 0 Å². The van der Waals surface area contributed by atoms with Crippen molar-refractivity contribution in [2.75, 3.05) is 19.0 Å². The van der Waals surface area contributed by atoms with Gasteiger partial charge in [0.05, 0.1) is 7.11 Å². The van der Waals surface area contributed by atoms with Crippen molar-refractivity contribution >= 4 is 29.1 Å². The lowest BCUT2D eigenvalue weighted by Gasteiger charge is -2.27. The number of methoxy groups -OCH3 is 1. The fourth-order valence-electron chi connectivity index (χ4n) is 3.20. The smallest absolute Gasteiger partial charge is 0.264 e. The Morgan fingerprint density at radius 2 is 1.75 bits per heavy atom. The zero-order valence-electron chi connectivity index (χ0n) is 15.9. The van der Waals surface area contributed by atoms with Gasteiger partial charge in [-0.2, -0.15) is 0 Å². The van der Waals surface area contributed by atoms with E-state index in [0.717, 1.165) is 6.42 Å². The number of rotatable bonds is 6. The molecule has 28 heavy (non-hydrogen) atoms. The Balaban J connectivity index is 1.62. The minimum atomic E-state index is -0.699. The number of halogens is 1. The van der Waals surface area contributed by atoms with Gasteiger partial charge < -0.3 is 19.7 Å². The predicted octanol–water partition coefficient (Wildman–Crippen LogP) is 3.75. The molecule has 2 unspecified atom stereocenters. The number of amides is 2. The fourth-order valence-corrected chi connectivity index (χ4v) is 3.33. The lowest BCUT2D eigenvalue weighted by Crippen LogP contribution is -2.47. The van der Waals surface area contributed by atoms with Crippen LogP contribution >= 0.6 is 11.6 Å². The molecular formula is C21H23ClN2O4. The summed E-state index contributed by atoms with van der Waals surface area (Å²) in [6, 6.07) is 13.4. The quantitative estimate of drug-likeness (QED) is 0.799. The van der Waals surface area contributed by atoms with Gasteiger partial charge in [-0.1, -0.05) is 11.6 Å². The average molecular weight is 403 g/mol. The minimum Gasteiger partial charge on any atom is -0.497 e. The standard InChI is InChI=1S/C21H23ClN2O4/c1-14(28-18-9-5-15(22)6-10-18)21(26)24-13-3-4-19(24)20(25)23-16-7-11-17(27-2)12-8-16/h5-12,14,19H,3-4,13H2,1-2H3,(H,23,25). The zero-order chi connectivity index (χ0) is 20.1. The number of benzene rings is 2. The Morgan fingerprint density at radius 3 is 2.39 bits per heavy atom. The zero-order valence-corrected chi connectivity index (χ0v) is 16.6. The average Bonchev–Trinajstić information content (AvgIpc) is 3.19. The van der Waals surface area contributed by atoms with E-state index in [1.165, 1.54) is 0 Å². The van der Waals surface area contributed by atoms with Crippen LogP contribution in [0, 0.1) is 0 Å². The van der Waals surface area contributed by atoms with Crippen molar-refractivity contribution in [3.8, 4) is 11.5 Å². The van der Waals surface area contributed by atoms with Crippen molar-refractivity contribution in [1.29, 1.82) is 0 Å². The maximum absolute atomic E-state index is 12.8. The molecular weight excluding hydrogens is 380 g/mol. The molecule has 0 bridgehead atoms. The molecule has 0 aromatic heterocycles. The van der Waals surface area contributed by atoms with Crippen molar-refractivity contribution < 1.29 is 19.1 Å². The summed E-state index contributed by atoms with van der Waals surface area (Å²) in [5, 5.41) is 3.47. The molecule has 1 aliphatic rings. The van der Waals surface area contributed by atoms with Crippen molar-refractivity contribution in [1.82, 2.24) is 4.90 Å². The van der Waals surface area contributed by atoms with E-state index in [9.17, 15) is 9.59 Å². The van der Waals surface area contributed by atoms with Gasteiger partial charge in [0.2, 0.25) is 5.91 Å². The van der Waals surface area contributed by atoms with Crippen LogP contribution in [0.3, 0.4) is 0 Å². The molecule has 3 rings (SSSR count). The fraction of sp³-hybridized carbons (Fsp3) is 0.333. The molecule has 2 atom stereocenters. The summed E-state index contributed by atoms with van der Waals surface area (Å²) >= 11 is 5.87. The molecule has 148 valence electrons. The van der Waals surface area contributed by atoms with Gasteiger partial charge in [0, 0.05) is 17.3 Å². The van der Waals surface area contributed by atoms with Crippen LogP contribution in [0.5, 0.6) is 11.5 Å². The number of hydrogen-bond donors (Lipinski definition) is 1. The van der Waals surface area contributed by atoms with Crippen LogP contribution < -0.4 is 14.8 Å². The summed E-state index contributed by atoms with van der Waals surface area (Å²) in [5.74, 6) is 0.865. The van der Waals surface area contributed by atoms with Gasteiger partial charge in [0.25, 0.3) is 5.91 Å². The van der Waals surface area contributed by atoms with Crippen LogP contribution in [-0.4, -0.2) is 42.5 Å². The van der Waals surface area contributed by atoms with E-state index in [0.29, 0.717) is 35.2 Å². The first kappa shape index (κ1) is 20.0. The largest absolute Gasteiger partial charge is 0.497 e. The second-order valence-corrected chi connectivity index (χ2v) is 7.06. The summed E-state index contributed by atoms with van der Waals surface area (Å²) in [7, 11) is 1.59. The predicted molar refractivity (Wildman–Crippen MR) is 108 cm³/mol. The van der Waals surface area contributed by atoms with Crippen molar-refractivity contribution in [2.24, 2.45) is 0 Å². The number of ether oxygens (including phenoxy) is 2. The Kier molecular flexibility index (Phi) is 6.41. The maximum Gasteiger partial charge on any atom is 0.264 e. The first-order chi connectivity index (χ1) is 13.5. The number of anilines is 1. The van der Waals surface area contributed by atoms with E-state index < -0.39 is 12.1 Å². The highest BCUT2D eigenvalue weighted by molar-refractivity contribution is 6.30. The normalized spacial score (nSPS) is 17.1. The Bertz CT molecular complexity index is 823. The molecule has 1 heterocycles. The summed E-state index contributed by atoms with van der Waals surface area (Å²) in [4.78, 5) is 27.2. The molecule has 0 radical (unpaired) electrons. The molecule has 0 saturated carbocycles. The summed E-state index contributed by atoms with van der Waals surface area (Å²) < 4.78 is 10.8. The lowest BCUT2D eigenvalue weighted by atomic mass is 10.2. The van der Waals surface area contributed by atoms with Crippen LogP contribution in [0.4, 0.5) is 5.69 Å². The lowest BCUT2D eigenvalue weighted by molar-refractivity contribution is -0.142. The van der Waals surface area contributed by atoms with Crippen molar-refractivity contribution in [3.05, 3.63) is 53.6 Å². The Hall–Kier alpha value is -2.73. The van der Waals surface area contributed by atoms with Gasteiger partial charge in [-0.05, 0) is 68.3 Å². The summed E-state index contributed by atoms with van der Waals surface area (Å²) in [6.45, 7) is 2.22. The number of hydrogen-bond acceptors (Lipinski definition) is 4. The van der Waals surface area contributed by atoms with E-state index in [2.05, 4.69) is 5.32 Å². The number of carbonyl (C=O) groups excluding carboxylic acids is 2. The molecule has 0 aliphatic carbocycles. The van der Waals surface area contributed by atoms with E-state index in [1.807, 2.05) is 0 Å². The van der Waals surface area contributed by atoms with Gasteiger partial charge in [-0.15, -0.1) is 0 Å². The topological polar surface area (TPSA) is 67.9 Å². The van der Waals surface area contributed by atoms with Crippen LogP contribution in [0.1, 0.15) is 19.8 Å². The Labute approximate surface area is 169 Å². The molecule has 1 N–H and O–H groups in total. The highest BCUT2D eigenvalue weighted by Gasteiger charge is 2.36. The third-order valence-electron chi connectivity index (χ3n) is 4.67. The van der Waals surface area contributed by atoms with Crippen LogP contribution in [0.15, 0.2) is 48.5 Å². The molecule has 0 spiro atoms. The number of nitrogens with one attached hydrogen (secondary N) is 1. The van der Waals surface area contributed by atoms with Gasteiger partial charge in [0.15, 0.2) is 6.10 Å². The molecule has 2 aromatic rings. The van der Waals surface area contributed by atoms with E-state index in [4.69, 9.17) is 21.1 Å². The molecule has 1 saturated heterocycles. The van der Waals surface area contributed by atoms with Gasteiger partial charge >= 0.3 is 0 Å². The Morgan fingerprint density at radius 1 is 1.11 bits per heavy atom. The molecule has 1 aliphatic heterocycles. The van der Waals surface area contributed by atoms with E-state index in [-0.39, 0.29) is 11.8 Å². The third kappa shape index (κ3) is 4.75. The van der Waals surface area contributed by atoms with Crippen LogP contribution in [0.25, 0.3) is 0 Å². The first-order valence-corrected chi connectivity index (χ1v) is 9.53. The number of likely N-dealkylation sites (tertiary alicyclic amines) is 1. The summed E-state index contributed by atoms with van der Waals surface area (Å²) in [6.07, 6.45) is 0.706. The molecule has 6 nitrogen and oxygen atoms in total. The first-order valence-electron chi connectivity index (χ1n) is 9.15. The van der Waals surface area contributed by atoms with Gasteiger partial charge in [-0.3, -0.25) is 9.59 Å². The second-order valence-electron chi connectivity index (χ2n) is 6.62. The number of carbonyl (C=O) groups is 2. The number of nitrogens with zero attached hydrogens (tertiary/aromatic N) is 1. The monoisotopic (exact) mass is 402 g/mol. The second kappa shape index (κ2) is 8.97. The highest BCUT2D eigenvalue weighted by Crippen LogP contribution is 2.23. The molecule has 2 aromatic carbocycles. The summed E-state index contributed by atoms with van der Waals surface area (Å²) in [5.41, 5.74) is 0.663. The van der Waals surface area contributed by atoms with Crippen LogP contribution in [0.2, 0.25) is 5.02 Å². The SMILES string of the molecule is COc1ccc(NC(=O)C2CCCN2C(=O)C(C)Oc2ccc(Cl)cc2)cc1. The van der Waals surface area contributed by atoms with Gasteiger partial charge in [0.1, 0.15) is 17.5 Å². The third-order valence-corrected chi connectivity index (χ3v) is 4.92.